The maximum atomic E-state index is 12.0. The second kappa shape index (κ2) is 8.71. The molecule has 124 valence electrons. The number of nitrogens with zero attached hydrogens (tertiary/aromatic N) is 1. The van der Waals surface area contributed by atoms with E-state index in [1.807, 2.05) is 20.8 Å². The Balaban J connectivity index is 2.45. The van der Waals surface area contributed by atoms with Gasteiger partial charge in [0.15, 0.2) is 0 Å². The van der Waals surface area contributed by atoms with Crippen molar-refractivity contribution in [3.05, 3.63) is 0 Å². The van der Waals surface area contributed by atoms with Crippen LogP contribution in [0.1, 0.15) is 46.5 Å². The Morgan fingerprint density at radius 2 is 2.19 bits per heavy atom. The second-order valence-electron chi connectivity index (χ2n) is 6.62. The number of likely N-dealkylation sites (N-methyl/N-ethyl adjacent to an activating group) is 1. The summed E-state index contributed by atoms with van der Waals surface area (Å²) in [5.74, 6) is -0.196. The number of carbonyl (C=O) groups is 1. The molecule has 1 fully saturated rings. The van der Waals surface area contributed by atoms with Gasteiger partial charge in [-0.2, -0.15) is 0 Å². The lowest BCUT2D eigenvalue weighted by atomic mass is 9.96. The van der Waals surface area contributed by atoms with Crippen LogP contribution in [0.5, 0.6) is 0 Å². The molecule has 5 nitrogen and oxygen atoms in total. The van der Waals surface area contributed by atoms with Gasteiger partial charge in [0.25, 0.3) is 0 Å². The lowest BCUT2D eigenvalue weighted by Gasteiger charge is -2.33. The zero-order chi connectivity index (χ0) is 15.9. The molecule has 0 spiro atoms. The highest BCUT2D eigenvalue weighted by atomic mass is 16.5. The van der Waals surface area contributed by atoms with Gasteiger partial charge in [-0.15, -0.1) is 0 Å². The smallest absolute Gasteiger partial charge is 0.325 e. The Bertz CT molecular complexity index is 317. The summed E-state index contributed by atoms with van der Waals surface area (Å²) >= 11 is 0. The number of rotatable bonds is 8. The fourth-order valence-electron chi connectivity index (χ4n) is 2.90. The number of carbonyl (C=O) groups excluding carboxylic acids is 1. The van der Waals surface area contributed by atoms with Crippen molar-refractivity contribution in [2.75, 3.05) is 33.9 Å². The van der Waals surface area contributed by atoms with Gasteiger partial charge in [0.05, 0.1) is 13.2 Å². The first-order valence-corrected chi connectivity index (χ1v) is 8.03. The number of nitrogens with one attached hydrogen (secondary N) is 1. The average molecular weight is 300 g/mol. The highest BCUT2D eigenvalue weighted by Gasteiger charge is 2.34. The van der Waals surface area contributed by atoms with Crippen molar-refractivity contribution < 1.29 is 14.3 Å². The van der Waals surface area contributed by atoms with Crippen LogP contribution in [0.25, 0.3) is 0 Å². The van der Waals surface area contributed by atoms with Crippen LogP contribution in [0.3, 0.4) is 0 Å². The largest absolute Gasteiger partial charge is 0.468 e. The van der Waals surface area contributed by atoms with Crippen molar-refractivity contribution in [3.63, 3.8) is 0 Å². The molecule has 1 aliphatic heterocycles. The van der Waals surface area contributed by atoms with Crippen molar-refractivity contribution in [1.29, 1.82) is 0 Å². The Morgan fingerprint density at radius 3 is 2.71 bits per heavy atom. The third-order valence-corrected chi connectivity index (χ3v) is 4.03. The first-order chi connectivity index (χ1) is 9.87. The maximum absolute atomic E-state index is 12.0. The van der Waals surface area contributed by atoms with Crippen LogP contribution >= 0.6 is 0 Å². The number of hydrogen-bond donors (Lipinski definition) is 1. The summed E-state index contributed by atoms with van der Waals surface area (Å²) in [5.41, 5.74) is -0.634. The van der Waals surface area contributed by atoms with E-state index in [0.717, 1.165) is 32.5 Å². The average Bonchev–Trinajstić information content (AvgIpc) is 2.44. The summed E-state index contributed by atoms with van der Waals surface area (Å²) < 4.78 is 10.7. The number of methoxy groups -OCH3 is 1. The van der Waals surface area contributed by atoms with Crippen LogP contribution in [0, 0.1) is 0 Å². The first-order valence-electron chi connectivity index (χ1n) is 8.03. The van der Waals surface area contributed by atoms with E-state index in [-0.39, 0.29) is 12.0 Å². The minimum absolute atomic E-state index is 0.196. The van der Waals surface area contributed by atoms with Crippen molar-refractivity contribution in [2.45, 2.75) is 64.1 Å². The Morgan fingerprint density at radius 1 is 1.48 bits per heavy atom. The quantitative estimate of drug-likeness (QED) is 0.693. The Labute approximate surface area is 129 Å². The van der Waals surface area contributed by atoms with Gasteiger partial charge in [0.2, 0.25) is 0 Å². The molecule has 0 aromatic carbocycles. The molecule has 0 aromatic rings. The predicted octanol–water partition coefficient (Wildman–Crippen LogP) is 1.81. The summed E-state index contributed by atoms with van der Waals surface area (Å²) in [6, 6.07) is 0.237. The molecule has 1 heterocycles. The molecule has 1 aliphatic rings. The molecule has 21 heavy (non-hydrogen) atoms. The van der Waals surface area contributed by atoms with Gasteiger partial charge in [-0.1, -0.05) is 0 Å². The van der Waals surface area contributed by atoms with Crippen molar-refractivity contribution in [1.82, 2.24) is 10.2 Å². The normalized spacial score (nSPS) is 22.3. The highest BCUT2D eigenvalue weighted by molar-refractivity contribution is 5.80. The molecule has 0 aromatic heterocycles. The van der Waals surface area contributed by atoms with E-state index < -0.39 is 5.54 Å². The molecule has 5 heteroatoms. The van der Waals surface area contributed by atoms with E-state index >= 15 is 0 Å². The number of esters is 1. The Kier molecular flexibility index (Phi) is 7.63. The van der Waals surface area contributed by atoms with E-state index in [0.29, 0.717) is 6.10 Å². The van der Waals surface area contributed by atoms with Crippen molar-refractivity contribution in [2.24, 2.45) is 0 Å². The van der Waals surface area contributed by atoms with Gasteiger partial charge in [-0.3, -0.25) is 10.1 Å². The summed E-state index contributed by atoms with van der Waals surface area (Å²) in [7, 11) is 3.53. The van der Waals surface area contributed by atoms with Crippen molar-refractivity contribution in [3.8, 4) is 0 Å². The fraction of sp³-hybridized carbons (Fsp3) is 0.938. The van der Waals surface area contributed by atoms with E-state index in [4.69, 9.17) is 9.47 Å². The highest BCUT2D eigenvalue weighted by Crippen LogP contribution is 2.16. The molecule has 1 rings (SSSR count). The molecule has 2 unspecified atom stereocenters. The fourth-order valence-corrected chi connectivity index (χ4v) is 2.90. The molecule has 1 saturated heterocycles. The van der Waals surface area contributed by atoms with Crippen LogP contribution in [-0.4, -0.2) is 62.4 Å². The third-order valence-electron chi connectivity index (χ3n) is 4.03. The van der Waals surface area contributed by atoms with Gasteiger partial charge in [-0.05, 0) is 53.5 Å². The molecule has 0 radical (unpaired) electrons. The zero-order valence-corrected chi connectivity index (χ0v) is 14.3. The van der Waals surface area contributed by atoms with Gasteiger partial charge in [0.1, 0.15) is 5.54 Å². The van der Waals surface area contributed by atoms with E-state index in [9.17, 15) is 4.79 Å². The minimum atomic E-state index is -0.634. The molecule has 0 aliphatic carbocycles. The van der Waals surface area contributed by atoms with E-state index in [2.05, 4.69) is 17.3 Å². The number of hydrogen-bond acceptors (Lipinski definition) is 5. The number of ether oxygens (including phenoxy) is 2. The topological polar surface area (TPSA) is 50.8 Å². The van der Waals surface area contributed by atoms with Crippen LogP contribution < -0.4 is 5.32 Å². The molecular formula is C16H32N2O3. The summed E-state index contributed by atoms with van der Waals surface area (Å²) in [6.45, 7) is 8.66. The summed E-state index contributed by atoms with van der Waals surface area (Å²) in [5, 5.41) is 3.33. The lowest BCUT2D eigenvalue weighted by Crippen LogP contribution is -2.54. The van der Waals surface area contributed by atoms with Crippen LogP contribution in [0.15, 0.2) is 0 Å². The molecule has 0 saturated carbocycles. The van der Waals surface area contributed by atoms with Gasteiger partial charge in [0, 0.05) is 25.7 Å². The maximum Gasteiger partial charge on any atom is 0.325 e. The molecule has 1 N–H and O–H groups in total. The van der Waals surface area contributed by atoms with Gasteiger partial charge < -0.3 is 14.4 Å². The lowest BCUT2D eigenvalue weighted by molar-refractivity contribution is -0.148. The van der Waals surface area contributed by atoms with Crippen LogP contribution in [0.2, 0.25) is 0 Å². The van der Waals surface area contributed by atoms with Gasteiger partial charge in [-0.25, -0.2) is 0 Å². The first kappa shape index (κ1) is 18.4. The van der Waals surface area contributed by atoms with E-state index in [1.165, 1.54) is 20.0 Å². The second-order valence-corrected chi connectivity index (χ2v) is 6.62. The van der Waals surface area contributed by atoms with Gasteiger partial charge >= 0.3 is 5.97 Å². The van der Waals surface area contributed by atoms with Crippen LogP contribution in [0.4, 0.5) is 0 Å². The summed E-state index contributed by atoms with van der Waals surface area (Å²) in [4.78, 5) is 14.3. The standard InChI is InChI=1S/C16H32N2O3/c1-13(2)17-16(3,15(19)20-5)9-10-18(4)12-14-8-6-7-11-21-14/h13-14,17H,6-12H2,1-5H3. The van der Waals surface area contributed by atoms with E-state index in [1.54, 1.807) is 0 Å². The Hall–Kier alpha value is -0.650. The summed E-state index contributed by atoms with van der Waals surface area (Å²) in [6.07, 6.45) is 4.64. The molecule has 0 amide bonds. The van der Waals surface area contributed by atoms with Crippen molar-refractivity contribution >= 4 is 5.97 Å². The predicted molar refractivity (Wildman–Crippen MR) is 84.4 cm³/mol. The molecule has 2 atom stereocenters. The van der Waals surface area contributed by atoms with Crippen LogP contribution in [-0.2, 0) is 14.3 Å². The minimum Gasteiger partial charge on any atom is -0.468 e. The SMILES string of the molecule is COC(=O)C(C)(CCN(C)CC1CCCCO1)NC(C)C. The molecule has 0 bridgehead atoms. The molecular weight excluding hydrogens is 268 g/mol. The third kappa shape index (κ3) is 6.32. The monoisotopic (exact) mass is 300 g/mol. The zero-order valence-electron chi connectivity index (χ0n) is 14.3.